The molecule has 0 saturated heterocycles. The van der Waals surface area contributed by atoms with Gasteiger partial charge in [-0.25, -0.2) is 14.2 Å². The number of para-hydroxylation sites is 1. The Bertz CT molecular complexity index is 1310. The van der Waals surface area contributed by atoms with E-state index in [1.165, 1.54) is 17.9 Å². The summed E-state index contributed by atoms with van der Waals surface area (Å²) in [5, 5.41) is 3.04. The summed E-state index contributed by atoms with van der Waals surface area (Å²) in [4.78, 5) is 21.1. The number of aromatic nitrogens is 3. The van der Waals surface area contributed by atoms with Crippen LogP contribution in [0.25, 0.3) is 11.1 Å². The highest BCUT2D eigenvalue weighted by molar-refractivity contribution is 5.77. The molecule has 2 N–H and O–H groups in total. The number of oxazole rings is 1. The van der Waals surface area contributed by atoms with Gasteiger partial charge in [-0.1, -0.05) is 12.1 Å². The van der Waals surface area contributed by atoms with Crippen molar-refractivity contribution in [2.24, 2.45) is 0 Å². The van der Waals surface area contributed by atoms with E-state index in [1.54, 1.807) is 25.3 Å². The van der Waals surface area contributed by atoms with Crippen molar-refractivity contribution in [3.63, 3.8) is 0 Å². The van der Waals surface area contributed by atoms with Crippen LogP contribution in [0.4, 0.5) is 21.8 Å². The number of hydrogen-bond acceptors (Lipinski definition) is 7. The lowest BCUT2D eigenvalue weighted by Crippen LogP contribution is -2.23. The zero-order chi connectivity index (χ0) is 21.4. The fourth-order valence-electron chi connectivity index (χ4n) is 3.09. The van der Waals surface area contributed by atoms with Gasteiger partial charge < -0.3 is 14.5 Å². The number of anilines is 3. The van der Waals surface area contributed by atoms with E-state index in [-0.39, 0.29) is 11.7 Å². The largest absolute Gasteiger partial charge is 0.494 e. The first-order valence-electron chi connectivity index (χ1n) is 9.20. The Morgan fingerprint density at radius 2 is 1.93 bits per heavy atom. The molecule has 0 unspecified atom stereocenters. The smallest absolute Gasteiger partial charge is 0.439 e. The Morgan fingerprint density at radius 3 is 2.70 bits per heavy atom. The number of nitrogens with zero attached hydrogens (tertiary/aromatic N) is 3. The fraction of sp³-hybridized carbons (Fsp3) is 0.190. The summed E-state index contributed by atoms with van der Waals surface area (Å²) in [6.07, 6.45) is 1.61. The Hall–Kier alpha value is -3.88. The summed E-state index contributed by atoms with van der Waals surface area (Å²) in [6, 6.07) is 8.64. The van der Waals surface area contributed by atoms with E-state index < -0.39 is 11.6 Å². The van der Waals surface area contributed by atoms with Gasteiger partial charge in [0.25, 0.3) is 0 Å². The lowest BCUT2D eigenvalue weighted by atomic mass is 10.2. The molecule has 2 aromatic carbocycles. The van der Waals surface area contributed by atoms with Crippen molar-refractivity contribution in [1.82, 2.24) is 14.6 Å². The monoisotopic (exact) mass is 409 g/mol. The molecule has 0 fully saturated rings. The molecule has 0 atom stereocenters. The minimum atomic E-state index is -0.550. The number of rotatable bonds is 5. The molecule has 4 rings (SSSR count). The molecule has 30 heavy (non-hydrogen) atoms. The number of benzene rings is 2. The van der Waals surface area contributed by atoms with E-state index in [1.807, 2.05) is 26.0 Å². The molecule has 2 heterocycles. The van der Waals surface area contributed by atoms with Crippen LogP contribution in [-0.2, 0) is 0 Å². The molecule has 4 aromatic rings. The highest BCUT2D eigenvalue weighted by atomic mass is 19.1. The molecule has 9 heteroatoms. The Kier molecular flexibility index (Phi) is 4.86. The molecule has 8 nitrogen and oxygen atoms in total. The molecular weight excluding hydrogens is 389 g/mol. The van der Waals surface area contributed by atoms with Crippen molar-refractivity contribution >= 4 is 28.6 Å². The van der Waals surface area contributed by atoms with Crippen LogP contribution in [0.3, 0.4) is 0 Å². The molecular formula is C21H20FN5O3. The fourth-order valence-corrected chi connectivity index (χ4v) is 3.09. The first-order chi connectivity index (χ1) is 14.4. The molecule has 0 aliphatic carbocycles. The molecule has 0 spiro atoms. The number of fused-ring (bicyclic) bond motifs is 1. The van der Waals surface area contributed by atoms with Crippen LogP contribution in [0.1, 0.15) is 16.7 Å². The lowest BCUT2D eigenvalue weighted by Gasteiger charge is -2.12. The van der Waals surface area contributed by atoms with Crippen molar-refractivity contribution in [2.45, 2.75) is 20.8 Å². The zero-order valence-corrected chi connectivity index (χ0v) is 16.9. The number of methoxy groups -OCH3 is 1. The second kappa shape index (κ2) is 7.51. The SMILES string of the molecule is COc1cc(Nc2ncc(C)c(Nn3c(=O)oc4c(C)cccc43)n2)cc(C)c1F. The minimum Gasteiger partial charge on any atom is -0.494 e. The summed E-state index contributed by atoms with van der Waals surface area (Å²) in [6.45, 7) is 5.33. The van der Waals surface area contributed by atoms with Crippen molar-refractivity contribution in [2.75, 3.05) is 17.9 Å². The van der Waals surface area contributed by atoms with Gasteiger partial charge in [0, 0.05) is 23.5 Å². The summed E-state index contributed by atoms with van der Waals surface area (Å²) >= 11 is 0. The second-order valence-corrected chi connectivity index (χ2v) is 6.90. The summed E-state index contributed by atoms with van der Waals surface area (Å²) in [7, 11) is 1.40. The van der Waals surface area contributed by atoms with Crippen LogP contribution in [-0.4, -0.2) is 21.8 Å². The van der Waals surface area contributed by atoms with E-state index in [0.29, 0.717) is 28.2 Å². The predicted molar refractivity (Wildman–Crippen MR) is 112 cm³/mol. The molecule has 2 aromatic heterocycles. The van der Waals surface area contributed by atoms with E-state index in [4.69, 9.17) is 9.15 Å². The summed E-state index contributed by atoms with van der Waals surface area (Å²) in [5.74, 6) is -0.157. The third-order valence-electron chi connectivity index (χ3n) is 4.69. The maximum atomic E-state index is 14.0. The van der Waals surface area contributed by atoms with Crippen LogP contribution in [0.2, 0.25) is 0 Å². The molecule has 0 amide bonds. The van der Waals surface area contributed by atoms with Crippen LogP contribution < -0.4 is 21.2 Å². The van der Waals surface area contributed by atoms with Gasteiger partial charge in [0.05, 0.1) is 7.11 Å². The normalized spacial score (nSPS) is 11.0. The molecule has 154 valence electrons. The third-order valence-corrected chi connectivity index (χ3v) is 4.69. The van der Waals surface area contributed by atoms with Gasteiger partial charge in [0.2, 0.25) is 5.95 Å². The third kappa shape index (κ3) is 3.45. The number of hydrogen-bond donors (Lipinski definition) is 2. The van der Waals surface area contributed by atoms with E-state index in [2.05, 4.69) is 20.7 Å². The quantitative estimate of drug-likeness (QED) is 0.513. The van der Waals surface area contributed by atoms with Gasteiger partial charge in [-0.2, -0.15) is 9.66 Å². The van der Waals surface area contributed by atoms with E-state index in [0.717, 1.165) is 11.1 Å². The topological polar surface area (TPSA) is 94.2 Å². The highest BCUT2D eigenvalue weighted by Crippen LogP contribution is 2.27. The van der Waals surface area contributed by atoms with E-state index >= 15 is 0 Å². The van der Waals surface area contributed by atoms with Crippen molar-refractivity contribution < 1.29 is 13.5 Å². The van der Waals surface area contributed by atoms with Gasteiger partial charge in [-0.15, -0.1) is 0 Å². The maximum absolute atomic E-state index is 14.0. The Balaban J connectivity index is 1.69. The first kappa shape index (κ1) is 19.4. The Morgan fingerprint density at radius 1 is 1.13 bits per heavy atom. The molecule has 0 radical (unpaired) electrons. The highest BCUT2D eigenvalue weighted by Gasteiger charge is 2.14. The second-order valence-electron chi connectivity index (χ2n) is 6.90. The molecule has 0 aliphatic rings. The Labute approximate surface area is 171 Å². The maximum Gasteiger partial charge on any atom is 0.439 e. The van der Waals surface area contributed by atoms with Crippen LogP contribution >= 0.6 is 0 Å². The van der Waals surface area contributed by atoms with Crippen molar-refractivity contribution in [3.05, 3.63) is 69.6 Å². The van der Waals surface area contributed by atoms with Gasteiger partial charge in [-0.05, 0) is 44.0 Å². The average Bonchev–Trinajstić information content (AvgIpc) is 3.04. The zero-order valence-electron chi connectivity index (χ0n) is 16.9. The number of halogens is 1. The number of aryl methyl sites for hydroxylation is 3. The van der Waals surface area contributed by atoms with Crippen molar-refractivity contribution in [3.8, 4) is 5.75 Å². The van der Waals surface area contributed by atoms with Crippen LogP contribution in [0, 0.1) is 26.6 Å². The standard InChI is InChI=1S/C21H20FN5O3/c1-11-6-5-7-15-18(11)30-21(28)27(15)26-19-13(3)10-23-20(25-19)24-14-8-12(2)17(22)16(9-14)29-4/h5-10H,1-4H3,(H2,23,24,25,26). The number of ether oxygens (including phenoxy) is 1. The summed E-state index contributed by atoms with van der Waals surface area (Å²) < 4.78 is 25.7. The van der Waals surface area contributed by atoms with E-state index in [9.17, 15) is 9.18 Å². The first-order valence-corrected chi connectivity index (χ1v) is 9.20. The van der Waals surface area contributed by atoms with Gasteiger partial charge in [-0.3, -0.25) is 5.43 Å². The average molecular weight is 409 g/mol. The van der Waals surface area contributed by atoms with Crippen molar-refractivity contribution in [1.29, 1.82) is 0 Å². The predicted octanol–water partition coefficient (Wildman–Crippen LogP) is 4.08. The molecule has 0 bridgehead atoms. The molecule has 0 saturated carbocycles. The van der Waals surface area contributed by atoms with Crippen LogP contribution in [0.15, 0.2) is 45.7 Å². The van der Waals surface area contributed by atoms with Gasteiger partial charge in [0.15, 0.2) is 23.0 Å². The minimum absolute atomic E-state index is 0.120. The van der Waals surface area contributed by atoms with Gasteiger partial charge >= 0.3 is 5.76 Å². The lowest BCUT2D eigenvalue weighted by molar-refractivity contribution is 0.385. The number of nitrogens with one attached hydrogen (secondary N) is 2. The van der Waals surface area contributed by atoms with Gasteiger partial charge in [0.1, 0.15) is 5.52 Å². The van der Waals surface area contributed by atoms with Crippen LogP contribution in [0.5, 0.6) is 5.75 Å². The molecule has 0 aliphatic heterocycles. The summed E-state index contributed by atoms with van der Waals surface area (Å²) in [5.41, 5.74) is 6.68.